The van der Waals surface area contributed by atoms with Crippen LogP contribution in [0.4, 0.5) is 5.69 Å². The van der Waals surface area contributed by atoms with Gasteiger partial charge in [-0.25, -0.2) is 0 Å². The van der Waals surface area contributed by atoms with Crippen LogP contribution in [-0.2, 0) is 23.9 Å². The van der Waals surface area contributed by atoms with E-state index in [9.17, 15) is 19.5 Å². The summed E-state index contributed by atoms with van der Waals surface area (Å²) in [7, 11) is 0. The van der Waals surface area contributed by atoms with Gasteiger partial charge in [-0.1, -0.05) is 17.7 Å². The van der Waals surface area contributed by atoms with Gasteiger partial charge in [0, 0.05) is 30.4 Å². The Morgan fingerprint density at radius 3 is 2.68 bits per heavy atom. The van der Waals surface area contributed by atoms with Gasteiger partial charge >= 0.3 is 5.97 Å². The Labute approximate surface area is 204 Å². The van der Waals surface area contributed by atoms with E-state index in [1.807, 2.05) is 6.92 Å². The van der Waals surface area contributed by atoms with Crippen molar-refractivity contribution in [2.24, 2.45) is 11.8 Å². The summed E-state index contributed by atoms with van der Waals surface area (Å²) in [6, 6.07) is 5.93. The number of aliphatic hydroxyl groups is 1. The van der Waals surface area contributed by atoms with Crippen LogP contribution < -0.4 is 4.90 Å². The lowest BCUT2D eigenvalue weighted by molar-refractivity contribution is -0.159. The number of carbonyl (C=O) groups excluding carboxylic acids is 3. The van der Waals surface area contributed by atoms with E-state index in [2.05, 4.69) is 6.58 Å². The summed E-state index contributed by atoms with van der Waals surface area (Å²) in [5.74, 6) is -2.69. The number of rotatable bonds is 9. The maximum Gasteiger partial charge on any atom is 0.312 e. The van der Waals surface area contributed by atoms with E-state index in [1.165, 1.54) is 4.90 Å². The summed E-state index contributed by atoms with van der Waals surface area (Å²) < 4.78 is 11.9. The number of hydrogen-bond acceptors (Lipinski definition) is 6. The van der Waals surface area contributed by atoms with Crippen LogP contribution in [0.3, 0.4) is 0 Å². The minimum atomic E-state index is -1.14. The summed E-state index contributed by atoms with van der Waals surface area (Å²) in [4.78, 5) is 44.0. The van der Waals surface area contributed by atoms with Crippen LogP contribution >= 0.6 is 11.6 Å². The molecular formula is C25H31ClN2O6. The molecule has 3 aliphatic heterocycles. The smallest absolute Gasteiger partial charge is 0.312 e. The predicted octanol–water partition coefficient (Wildman–Crippen LogP) is 2.57. The Bertz CT molecular complexity index is 984. The Morgan fingerprint density at radius 1 is 1.35 bits per heavy atom. The minimum absolute atomic E-state index is 0.129. The van der Waals surface area contributed by atoms with Crippen molar-refractivity contribution in [2.75, 3.05) is 31.2 Å². The van der Waals surface area contributed by atoms with Gasteiger partial charge in [0.15, 0.2) is 0 Å². The molecule has 184 valence electrons. The number of anilines is 1. The number of carbonyl (C=O) groups is 3. The van der Waals surface area contributed by atoms with Crippen molar-refractivity contribution >= 4 is 35.1 Å². The van der Waals surface area contributed by atoms with Gasteiger partial charge in [-0.05, 0) is 57.4 Å². The number of esters is 1. The average molecular weight is 491 g/mol. The third-order valence-corrected chi connectivity index (χ3v) is 7.58. The lowest BCUT2D eigenvalue weighted by Gasteiger charge is -2.36. The van der Waals surface area contributed by atoms with Gasteiger partial charge in [-0.2, -0.15) is 0 Å². The van der Waals surface area contributed by atoms with Gasteiger partial charge in [-0.3, -0.25) is 14.4 Å². The minimum Gasteiger partial charge on any atom is -0.466 e. The second kappa shape index (κ2) is 9.32. The highest BCUT2D eigenvalue weighted by atomic mass is 35.5. The third kappa shape index (κ3) is 3.72. The number of ether oxygens (including phenoxy) is 2. The van der Waals surface area contributed by atoms with E-state index in [0.717, 1.165) is 0 Å². The second-order valence-corrected chi connectivity index (χ2v) is 9.74. The molecule has 8 nitrogen and oxygen atoms in total. The van der Waals surface area contributed by atoms with E-state index in [0.29, 0.717) is 30.0 Å². The van der Waals surface area contributed by atoms with E-state index in [1.54, 1.807) is 42.2 Å². The molecule has 2 unspecified atom stereocenters. The van der Waals surface area contributed by atoms with Gasteiger partial charge in [0.1, 0.15) is 17.6 Å². The summed E-state index contributed by atoms with van der Waals surface area (Å²) in [5.41, 5.74) is -1.40. The van der Waals surface area contributed by atoms with Crippen molar-refractivity contribution in [1.82, 2.24) is 4.90 Å². The van der Waals surface area contributed by atoms with Crippen molar-refractivity contribution in [3.8, 4) is 0 Å². The molecule has 3 fully saturated rings. The maximum absolute atomic E-state index is 14.2. The standard InChI is InChI=1S/C25H31ClN2O6/c1-4-13-27(17-9-7-16(26)8-10-17)22(31)20-25-12-11-24(3,34-25)19(23(32)33-5-2)18(25)21(30)28(20)14-6-15-29/h4,7-10,18-20,29H,1,5-6,11-15H2,2-3H3/t18-,19+,20?,24-,25?/m0/s1. The quantitative estimate of drug-likeness (QED) is 0.422. The first-order chi connectivity index (χ1) is 16.2. The topological polar surface area (TPSA) is 96.4 Å². The van der Waals surface area contributed by atoms with Crippen LogP contribution in [0, 0.1) is 11.8 Å². The lowest BCUT2D eigenvalue weighted by atomic mass is 9.66. The fourth-order valence-corrected chi connectivity index (χ4v) is 6.12. The monoisotopic (exact) mass is 490 g/mol. The molecule has 0 radical (unpaired) electrons. The predicted molar refractivity (Wildman–Crippen MR) is 126 cm³/mol. The molecule has 0 saturated carbocycles. The van der Waals surface area contributed by atoms with E-state index < -0.39 is 35.0 Å². The number of amides is 2. The number of aliphatic hydroxyl groups excluding tert-OH is 1. The maximum atomic E-state index is 14.2. The van der Waals surface area contributed by atoms with E-state index >= 15 is 0 Å². The van der Waals surface area contributed by atoms with Gasteiger partial charge < -0.3 is 24.4 Å². The summed E-state index contributed by atoms with van der Waals surface area (Å²) in [6.07, 6.45) is 2.94. The zero-order chi connectivity index (χ0) is 24.7. The van der Waals surface area contributed by atoms with Crippen molar-refractivity contribution in [2.45, 2.75) is 50.4 Å². The van der Waals surface area contributed by atoms with Crippen LogP contribution in [0.5, 0.6) is 0 Å². The SMILES string of the molecule is C=CCN(C(=O)C1N(CCCO)C(=O)[C@@H]2[C@H](C(=O)OCC)[C@]3(C)CCC12O3)c1ccc(Cl)cc1. The molecule has 2 bridgehead atoms. The number of benzene rings is 1. The van der Waals surface area contributed by atoms with Crippen molar-refractivity contribution in [1.29, 1.82) is 0 Å². The van der Waals surface area contributed by atoms with Gasteiger partial charge in [0.05, 0.1) is 18.1 Å². The molecule has 4 rings (SSSR count). The van der Waals surface area contributed by atoms with Crippen molar-refractivity contribution in [3.05, 3.63) is 41.9 Å². The molecule has 34 heavy (non-hydrogen) atoms. The van der Waals surface area contributed by atoms with Crippen molar-refractivity contribution in [3.63, 3.8) is 0 Å². The lowest BCUT2D eigenvalue weighted by Crippen LogP contribution is -2.56. The molecule has 3 heterocycles. The van der Waals surface area contributed by atoms with Crippen LogP contribution in [0.25, 0.3) is 0 Å². The number of fused-ring (bicyclic) bond motifs is 1. The molecule has 1 N–H and O–H groups in total. The number of hydrogen-bond donors (Lipinski definition) is 1. The number of halogens is 1. The molecule has 0 aromatic heterocycles. The normalized spacial score (nSPS) is 31.5. The first-order valence-electron chi connectivity index (χ1n) is 11.7. The van der Waals surface area contributed by atoms with Gasteiger partial charge in [0.2, 0.25) is 5.91 Å². The zero-order valence-corrected chi connectivity index (χ0v) is 20.3. The zero-order valence-electron chi connectivity index (χ0n) is 19.5. The van der Waals surface area contributed by atoms with Crippen LogP contribution in [-0.4, -0.2) is 71.3 Å². The van der Waals surface area contributed by atoms with E-state index in [4.69, 9.17) is 21.1 Å². The fraction of sp³-hybridized carbons (Fsp3) is 0.560. The largest absolute Gasteiger partial charge is 0.466 e. The average Bonchev–Trinajstić information content (AvgIpc) is 3.37. The summed E-state index contributed by atoms with van der Waals surface area (Å²) in [5, 5.41) is 9.99. The molecule has 3 saturated heterocycles. The molecule has 0 aliphatic carbocycles. The Balaban J connectivity index is 1.78. The fourth-order valence-electron chi connectivity index (χ4n) is 6.00. The molecule has 9 heteroatoms. The van der Waals surface area contributed by atoms with E-state index in [-0.39, 0.29) is 38.1 Å². The number of likely N-dealkylation sites (tertiary alicyclic amines) is 1. The van der Waals surface area contributed by atoms with Gasteiger partial charge in [0.25, 0.3) is 5.91 Å². The Morgan fingerprint density at radius 2 is 2.06 bits per heavy atom. The highest BCUT2D eigenvalue weighted by Crippen LogP contribution is 2.63. The molecule has 1 aromatic rings. The molecular weight excluding hydrogens is 460 g/mol. The molecule has 1 aromatic carbocycles. The first kappa shape index (κ1) is 24.7. The highest BCUT2D eigenvalue weighted by molar-refractivity contribution is 6.30. The van der Waals surface area contributed by atoms with Gasteiger partial charge in [-0.15, -0.1) is 6.58 Å². The van der Waals surface area contributed by atoms with Crippen LogP contribution in [0.1, 0.15) is 33.1 Å². The third-order valence-electron chi connectivity index (χ3n) is 7.32. The summed E-state index contributed by atoms with van der Waals surface area (Å²) in [6.45, 7) is 7.81. The number of nitrogens with zero attached hydrogens (tertiary/aromatic N) is 2. The first-order valence-corrected chi connectivity index (χ1v) is 12.1. The molecule has 3 aliphatic rings. The van der Waals surface area contributed by atoms with Crippen LogP contribution in [0.2, 0.25) is 5.02 Å². The van der Waals surface area contributed by atoms with Crippen LogP contribution in [0.15, 0.2) is 36.9 Å². The Kier molecular flexibility index (Phi) is 6.77. The summed E-state index contributed by atoms with van der Waals surface area (Å²) >= 11 is 6.05. The molecule has 2 amide bonds. The molecule has 1 spiro atoms. The Hall–Kier alpha value is -2.42. The van der Waals surface area contributed by atoms with Crippen molar-refractivity contribution < 1.29 is 29.0 Å². The second-order valence-electron chi connectivity index (χ2n) is 9.30. The molecule has 5 atom stereocenters. The highest BCUT2D eigenvalue weighted by Gasteiger charge is 2.78.